The van der Waals surface area contributed by atoms with Crippen molar-refractivity contribution in [2.45, 2.75) is 31.0 Å². The van der Waals surface area contributed by atoms with Crippen LogP contribution in [0.1, 0.15) is 17.2 Å². The molecule has 0 bridgehead atoms. The van der Waals surface area contributed by atoms with E-state index in [9.17, 15) is 10.2 Å². The molecule has 116 valence electrons. The molecule has 2 aromatic carbocycles. The minimum atomic E-state index is -0.796. The highest BCUT2D eigenvalue weighted by molar-refractivity contribution is 5.22. The minimum Gasteiger partial charge on any atom is -0.389 e. The molecule has 4 atom stereocenters. The van der Waals surface area contributed by atoms with Gasteiger partial charge in [0.05, 0.1) is 18.8 Å². The van der Waals surface area contributed by atoms with Gasteiger partial charge in [0.25, 0.3) is 0 Å². The van der Waals surface area contributed by atoms with Crippen LogP contribution in [0.5, 0.6) is 0 Å². The van der Waals surface area contributed by atoms with Crippen molar-refractivity contribution < 1.29 is 14.9 Å². The van der Waals surface area contributed by atoms with Crippen LogP contribution < -0.4 is 5.32 Å². The minimum absolute atomic E-state index is 0.231. The number of benzene rings is 2. The molecule has 0 aromatic heterocycles. The van der Waals surface area contributed by atoms with Crippen molar-refractivity contribution in [3.05, 3.63) is 71.8 Å². The quantitative estimate of drug-likeness (QED) is 0.803. The van der Waals surface area contributed by atoms with E-state index in [1.807, 2.05) is 60.7 Å². The van der Waals surface area contributed by atoms with E-state index >= 15 is 0 Å². The summed E-state index contributed by atoms with van der Waals surface area (Å²) in [7, 11) is 0. The first kappa shape index (κ1) is 15.2. The first-order chi connectivity index (χ1) is 10.8. The van der Waals surface area contributed by atoms with E-state index in [0.29, 0.717) is 13.2 Å². The van der Waals surface area contributed by atoms with Gasteiger partial charge in [-0.05, 0) is 11.1 Å². The highest BCUT2D eigenvalue weighted by atomic mass is 16.5. The molecule has 0 unspecified atom stereocenters. The van der Waals surface area contributed by atoms with Gasteiger partial charge in [0.15, 0.2) is 0 Å². The SMILES string of the molecule is O[C@H]1[C@H](OCc2ccccc2)[C@@H](O)CN[C@@H]1c1ccccc1. The standard InChI is InChI=1S/C18H21NO3/c20-15-11-19-16(14-9-5-2-6-10-14)17(21)18(15)22-12-13-7-3-1-4-8-13/h1-10,15-21H,11-12H2/t15-,16+,17+,18+/m0/s1. The molecular formula is C18H21NO3. The van der Waals surface area contributed by atoms with Crippen LogP contribution in [0.25, 0.3) is 0 Å². The molecule has 3 rings (SSSR count). The molecule has 2 aromatic rings. The predicted molar refractivity (Wildman–Crippen MR) is 84.2 cm³/mol. The van der Waals surface area contributed by atoms with Gasteiger partial charge in [-0.2, -0.15) is 0 Å². The Morgan fingerprint density at radius 2 is 1.59 bits per heavy atom. The molecule has 0 aliphatic carbocycles. The van der Waals surface area contributed by atoms with E-state index in [-0.39, 0.29) is 6.04 Å². The smallest absolute Gasteiger partial charge is 0.113 e. The van der Waals surface area contributed by atoms with E-state index in [4.69, 9.17) is 4.74 Å². The summed E-state index contributed by atoms with van der Waals surface area (Å²) in [5.41, 5.74) is 2.02. The average Bonchev–Trinajstić information content (AvgIpc) is 2.56. The molecular weight excluding hydrogens is 278 g/mol. The predicted octanol–water partition coefficient (Wildman–Crippen LogP) is 1.64. The fourth-order valence-corrected chi connectivity index (χ4v) is 2.85. The van der Waals surface area contributed by atoms with Crippen molar-refractivity contribution >= 4 is 0 Å². The molecule has 4 heteroatoms. The second kappa shape index (κ2) is 7.03. The number of aliphatic hydroxyl groups is 2. The van der Waals surface area contributed by atoms with E-state index in [2.05, 4.69) is 5.32 Å². The molecule has 0 amide bonds. The lowest BCUT2D eigenvalue weighted by Gasteiger charge is -2.39. The maximum atomic E-state index is 10.6. The zero-order chi connectivity index (χ0) is 15.4. The second-order valence-electron chi connectivity index (χ2n) is 5.62. The zero-order valence-electron chi connectivity index (χ0n) is 12.3. The summed E-state index contributed by atoms with van der Waals surface area (Å²) in [4.78, 5) is 0. The first-order valence-electron chi connectivity index (χ1n) is 7.55. The van der Waals surface area contributed by atoms with Gasteiger partial charge in [0.1, 0.15) is 12.2 Å². The summed E-state index contributed by atoms with van der Waals surface area (Å²) >= 11 is 0. The van der Waals surface area contributed by atoms with Crippen molar-refractivity contribution in [3.63, 3.8) is 0 Å². The van der Waals surface area contributed by atoms with Crippen LogP contribution in [-0.4, -0.2) is 35.1 Å². The van der Waals surface area contributed by atoms with Gasteiger partial charge in [-0.1, -0.05) is 60.7 Å². The number of β-amino-alcohol motifs (C(OH)–C–C–N with tert-alkyl or cyclic N) is 1. The number of piperidine rings is 1. The van der Waals surface area contributed by atoms with Crippen molar-refractivity contribution in [3.8, 4) is 0 Å². The van der Waals surface area contributed by atoms with Gasteiger partial charge < -0.3 is 20.3 Å². The Hall–Kier alpha value is -1.72. The number of hydrogen-bond donors (Lipinski definition) is 3. The molecule has 22 heavy (non-hydrogen) atoms. The summed E-state index contributed by atoms with van der Waals surface area (Å²) in [5, 5.41) is 23.9. The van der Waals surface area contributed by atoms with E-state index < -0.39 is 18.3 Å². The molecule has 1 fully saturated rings. The largest absolute Gasteiger partial charge is 0.389 e. The fraction of sp³-hybridized carbons (Fsp3) is 0.333. The van der Waals surface area contributed by atoms with Gasteiger partial charge in [-0.15, -0.1) is 0 Å². The normalized spacial score (nSPS) is 28.5. The zero-order valence-corrected chi connectivity index (χ0v) is 12.3. The van der Waals surface area contributed by atoms with Gasteiger partial charge in [0, 0.05) is 6.54 Å². The Morgan fingerprint density at radius 1 is 0.955 bits per heavy atom. The van der Waals surface area contributed by atoms with Crippen molar-refractivity contribution in [2.75, 3.05) is 6.54 Å². The fourth-order valence-electron chi connectivity index (χ4n) is 2.85. The highest BCUT2D eigenvalue weighted by Gasteiger charge is 2.38. The maximum absolute atomic E-state index is 10.6. The molecule has 4 nitrogen and oxygen atoms in total. The van der Waals surface area contributed by atoms with Gasteiger partial charge >= 0.3 is 0 Å². The summed E-state index contributed by atoms with van der Waals surface area (Å²) in [6, 6.07) is 19.3. The summed E-state index contributed by atoms with van der Waals surface area (Å²) in [6.07, 6.45) is -2.12. The Morgan fingerprint density at radius 3 is 2.27 bits per heavy atom. The van der Waals surface area contributed by atoms with Gasteiger partial charge in [-0.3, -0.25) is 0 Å². The Balaban J connectivity index is 1.69. The number of rotatable bonds is 4. The van der Waals surface area contributed by atoms with Crippen LogP contribution in [0.15, 0.2) is 60.7 Å². The maximum Gasteiger partial charge on any atom is 0.113 e. The Kier molecular flexibility index (Phi) is 4.85. The van der Waals surface area contributed by atoms with Crippen LogP contribution >= 0.6 is 0 Å². The third kappa shape index (κ3) is 3.36. The van der Waals surface area contributed by atoms with Gasteiger partial charge in [-0.25, -0.2) is 0 Å². The van der Waals surface area contributed by atoms with Crippen LogP contribution in [-0.2, 0) is 11.3 Å². The molecule has 0 spiro atoms. The van der Waals surface area contributed by atoms with Gasteiger partial charge in [0.2, 0.25) is 0 Å². The first-order valence-corrected chi connectivity index (χ1v) is 7.55. The van der Waals surface area contributed by atoms with Crippen molar-refractivity contribution in [1.29, 1.82) is 0 Å². The average molecular weight is 299 g/mol. The monoisotopic (exact) mass is 299 g/mol. The molecule has 3 N–H and O–H groups in total. The molecule has 0 saturated carbocycles. The summed E-state index contributed by atoms with van der Waals surface area (Å²) < 4.78 is 5.81. The lowest BCUT2D eigenvalue weighted by atomic mass is 9.91. The highest BCUT2D eigenvalue weighted by Crippen LogP contribution is 2.26. The van der Waals surface area contributed by atoms with E-state index in [1.54, 1.807) is 0 Å². The lowest BCUT2D eigenvalue weighted by molar-refractivity contribution is -0.134. The van der Waals surface area contributed by atoms with E-state index in [0.717, 1.165) is 11.1 Å². The number of ether oxygens (including phenoxy) is 1. The van der Waals surface area contributed by atoms with Crippen LogP contribution in [0.2, 0.25) is 0 Å². The third-order valence-electron chi connectivity index (χ3n) is 4.05. The topological polar surface area (TPSA) is 61.7 Å². The van der Waals surface area contributed by atoms with Crippen LogP contribution in [0.3, 0.4) is 0 Å². The van der Waals surface area contributed by atoms with Crippen LogP contribution in [0, 0.1) is 0 Å². The second-order valence-corrected chi connectivity index (χ2v) is 5.62. The number of aliphatic hydroxyl groups excluding tert-OH is 2. The van der Waals surface area contributed by atoms with Crippen molar-refractivity contribution in [1.82, 2.24) is 5.32 Å². The van der Waals surface area contributed by atoms with Crippen LogP contribution in [0.4, 0.5) is 0 Å². The summed E-state index contributed by atoms with van der Waals surface area (Å²) in [6.45, 7) is 0.775. The summed E-state index contributed by atoms with van der Waals surface area (Å²) in [5.74, 6) is 0. The molecule has 1 aliphatic rings. The van der Waals surface area contributed by atoms with Crippen molar-refractivity contribution in [2.24, 2.45) is 0 Å². The third-order valence-corrected chi connectivity index (χ3v) is 4.05. The number of nitrogens with one attached hydrogen (secondary N) is 1. The molecule has 1 saturated heterocycles. The Labute approximate surface area is 130 Å². The molecule has 0 radical (unpaired) electrons. The Bertz CT molecular complexity index is 575. The number of hydrogen-bond acceptors (Lipinski definition) is 4. The van der Waals surface area contributed by atoms with E-state index in [1.165, 1.54) is 0 Å². The molecule has 1 heterocycles. The lowest BCUT2D eigenvalue weighted by Crippen LogP contribution is -2.56. The molecule has 1 aliphatic heterocycles.